The largest absolute Gasteiger partial charge is 0.391 e. The summed E-state index contributed by atoms with van der Waals surface area (Å²) in [5.41, 5.74) is -1.34. The van der Waals surface area contributed by atoms with Crippen LogP contribution in [0, 0.1) is 35.5 Å². The zero-order valence-corrected chi connectivity index (χ0v) is 17.8. The van der Waals surface area contributed by atoms with Crippen molar-refractivity contribution < 1.29 is 24.9 Å². The fourth-order valence-electron chi connectivity index (χ4n) is 8.21. The summed E-state index contributed by atoms with van der Waals surface area (Å²) in [5.74, 6) is -3.50. The van der Waals surface area contributed by atoms with Gasteiger partial charge in [0.1, 0.15) is 11.5 Å². The maximum atomic E-state index is 13.6. The van der Waals surface area contributed by atoms with Crippen molar-refractivity contribution in [3.8, 4) is 0 Å². The van der Waals surface area contributed by atoms with E-state index in [0.29, 0.717) is 18.4 Å². The Hall–Kier alpha value is -1.12. The van der Waals surface area contributed by atoms with Crippen molar-refractivity contribution in [1.82, 2.24) is 4.98 Å². The van der Waals surface area contributed by atoms with Crippen LogP contribution in [0.15, 0.2) is 12.2 Å². The standard InChI is InChI=1S/C22H27NO5S/c1-9-11-5-6-13-20-8-28-22(27,21(13,16(9)24)17(11)25)18(26)14(20)19(3,4)7-12-15(20)23-10(2)29-12/h11,13-14,17-18,25-27H,1,5-8H2,2-4H3/t11?,13?,14?,17-,18+,20+,21+,22?/m1/s1. The lowest BCUT2D eigenvalue weighted by atomic mass is 9.36. The average Bonchev–Trinajstić information content (AvgIpc) is 3.05. The summed E-state index contributed by atoms with van der Waals surface area (Å²) in [7, 11) is 0. The summed E-state index contributed by atoms with van der Waals surface area (Å²) in [6.45, 7) is 10.4. The van der Waals surface area contributed by atoms with E-state index in [2.05, 4.69) is 20.4 Å². The minimum absolute atomic E-state index is 0.203. The van der Waals surface area contributed by atoms with Crippen molar-refractivity contribution in [3.05, 3.63) is 27.7 Å². The number of aliphatic hydroxyl groups is 3. The Morgan fingerprint density at radius 2 is 1.97 bits per heavy atom. The van der Waals surface area contributed by atoms with Gasteiger partial charge in [0.2, 0.25) is 5.79 Å². The minimum atomic E-state index is -2.11. The van der Waals surface area contributed by atoms with Crippen LogP contribution in [-0.4, -0.2) is 50.7 Å². The molecule has 1 aromatic heterocycles. The predicted molar refractivity (Wildman–Crippen MR) is 105 cm³/mol. The number of carbonyl (C=O) groups is 1. The number of ether oxygens (including phenoxy) is 1. The lowest BCUT2D eigenvalue weighted by Gasteiger charge is -2.73. The van der Waals surface area contributed by atoms with E-state index >= 15 is 0 Å². The van der Waals surface area contributed by atoms with E-state index in [1.165, 1.54) is 4.88 Å². The van der Waals surface area contributed by atoms with Crippen molar-refractivity contribution in [2.45, 2.75) is 63.4 Å². The number of Topliss-reactive ketones (excluding diaryl/α,β-unsaturated/α-hetero) is 1. The Labute approximate surface area is 173 Å². The van der Waals surface area contributed by atoms with Crippen molar-refractivity contribution >= 4 is 17.1 Å². The molecule has 0 amide bonds. The highest BCUT2D eigenvalue weighted by Gasteiger charge is 2.86. The Balaban J connectivity index is 1.71. The molecule has 29 heavy (non-hydrogen) atoms. The molecule has 156 valence electrons. The number of hydrogen-bond acceptors (Lipinski definition) is 7. The molecule has 2 aliphatic heterocycles. The molecular formula is C22H27NO5S. The van der Waals surface area contributed by atoms with Crippen molar-refractivity contribution in [1.29, 1.82) is 0 Å². The topological polar surface area (TPSA) is 99.9 Å². The van der Waals surface area contributed by atoms with Crippen molar-refractivity contribution in [2.75, 3.05) is 6.61 Å². The summed E-state index contributed by atoms with van der Waals surface area (Å²) in [4.78, 5) is 19.7. The first kappa shape index (κ1) is 18.6. The smallest absolute Gasteiger partial charge is 0.208 e. The molecule has 4 unspecified atom stereocenters. The third-order valence-corrected chi connectivity index (χ3v) is 9.97. The molecule has 4 bridgehead atoms. The summed E-state index contributed by atoms with van der Waals surface area (Å²) >= 11 is 1.66. The maximum absolute atomic E-state index is 13.6. The van der Waals surface area contributed by atoms with Crippen LogP contribution in [0.2, 0.25) is 0 Å². The SMILES string of the molecule is C=C1C(=O)[C@@]23C(CCC1[C@H]2O)[C@@]12COC3(O)[C@@H](O)C1C(C)(C)Cc1sc(C)nc12. The van der Waals surface area contributed by atoms with Crippen LogP contribution in [0.1, 0.15) is 42.3 Å². The van der Waals surface area contributed by atoms with Crippen LogP contribution in [-0.2, 0) is 21.4 Å². The molecule has 3 heterocycles. The van der Waals surface area contributed by atoms with Crippen LogP contribution >= 0.6 is 11.3 Å². The third-order valence-electron chi connectivity index (χ3n) is 9.00. The molecule has 7 heteroatoms. The van der Waals surface area contributed by atoms with Gasteiger partial charge >= 0.3 is 0 Å². The van der Waals surface area contributed by atoms with Gasteiger partial charge in [0.15, 0.2) is 5.78 Å². The molecule has 2 spiro atoms. The lowest BCUT2D eigenvalue weighted by molar-refractivity contribution is -0.429. The molecular weight excluding hydrogens is 390 g/mol. The van der Waals surface area contributed by atoms with Gasteiger partial charge < -0.3 is 20.1 Å². The fourth-order valence-corrected chi connectivity index (χ4v) is 9.48. The summed E-state index contributed by atoms with van der Waals surface area (Å²) < 4.78 is 6.02. The quantitative estimate of drug-likeness (QED) is 0.553. The summed E-state index contributed by atoms with van der Waals surface area (Å²) in [5, 5.41) is 35.7. The first-order valence-corrected chi connectivity index (χ1v) is 11.3. The molecule has 7 rings (SSSR count). The molecule has 6 nitrogen and oxygen atoms in total. The Kier molecular flexibility index (Phi) is 3.23. The van der Waals surface area contributed by atoms with E-state index in [0.717, 1.165) is 17.1 Å². The Morgan fingerprint density at radius 3 is 2.69 bits per heavy atom. The van der Waals surface area contributed by atoms with Crippen LogP contribution in [0.5, 0.6) is 0 Å². The number of rotatable bonds is 0. The minimum Gasteiger partial charge on any atom is -0.391 e. The van der Waals surface area contributed by atoms with Gasteiger partial charge in [0.05, 0.1) is 23.4 Å². The third kappa shape index (κ3) is 1.64. The van der Waals surface area contributed by atoms with Crippen LogP contribution in [0.25, 0.3) is 0 Å². The monoisotopic (exact) mass is 417 g/mol. The number of thiazole rings is 1. The number of nitrogens with zero attached hydrogens (tertiary/aromatic N) is 1. The van der Waals surface area contributed by atoms with Crippen molar-refractivity contribution in [3.63, 3.8) is 0 Å². The van der Waals surface area contributed by atoms with Gasteiger partial charge in [-0.3, -0.25) is 4.79 Å². The zero-order valence-electron chi connectivity index (χ0n) is 16.9. The maximum Gasteiger partial charge on any atom is 0.208 e. The van der Waals surface area contributed by atoms with Gasteiger partial charge in [0, 0.05) is 22.1 Å². The lowest BCUT2D eigenvalue weighted by Crippen LogP contribution is -2.85. The number of aryl methyl sites for hydroxylation is 1. The van der Waals surface area contributed by atoms with Crippen LogP contribution in [0.3, 0.4) is 0 Å². The highest BCUT2D eigenvalue weighted by Crippen LogP contribution is 2.75. The van der Waals surface area contributed by atoms with Crippen LogP contribution in [0.4, 0.5) is 0 Å². The van der Waals surface area contributed by atoms with E-state index < -0.39 is 28.8 Å². The Bertz CT molecular complexity index is 986. The number of aliphatic hydroxyl groups excluding tert-OH is 2. The van der Waals surface area contributed by atoms with Crippen molar-refractivity contribution in [2.24, 2.45) is 28.6 Å². The molecule has 6 aliphatic rings. The second kappa shape index (κ2) is 5.02. The van der Waals surface area contributed by atoms with Gasteiger partial charge in [-0.1, -0.05) is 20.4 Å². The summed E-state index contributed by atoms with van der Waals surface area (Å²) in [6, 6.07) is 0. The first-order valence-electron chi connectivity index (χ1n) is 10.5. The predicted octanol–water partition coefficient (Wildman–Crippen LogP) is 1.49. The normalized spacial score (nSPS) is 51.6. The fraction of sp³-hybridized carbons (Fsp3) is 0.727. The second-order valence-corrected chi connectivity index (χ2v) is 11.8. The molecule has 2 saturated heterocycles. The van der Waals surface area contributed by atoms with Gasteiger partial charge in [-0.15, -0.1) is 11.3 Å². The molecule has 4 aliphatic carbocycles. The molecule has 3 N–H and O–H groups in total. The van der Waals surface area contributed by atoms with Gasteiger partial charge in [-0.25, -0.2) is 4.98 Å². The molecule has 0 aromatic carbocycles. The van der Waals surface area contributed by atoms with E-state index in [9.17, 15) is 20.1 Å². The molecule has 8 atom stereocenters. The number of hydrogen-bond donors (Lipinski definition) is 3. The highest BCUT2D eigenvalue weighted by molar-refractivity contribution is 7.11. The van der Waals surface area contributed by atoms with Gasteiger partial charge in [-0.2, -0.15) is 0 Å². The molecule has 5 fully saturated rings. The van der Waals surface area contributed by atoms with E-state index in [-0.39, 0.29) is 35.6 Å². The molecule has 1 aromatic rings. The highest BCUT2D eigenvalue weighted by atomic mass is 32.1. The zero-order chi connectivity index (χ0) is 20.7. The number of fused-ring (bicyclic) bond motifs is 3. The second-order valence-electron chi connectivity index (χ2n) is 10.5. The number of ketones is 1. The molecule has 3 saturated carbocycles. The van der Waals surface area contributed by atoms with Gasteiger partial charge in [0.25, 0.3) is 0 Å². The van der Waals surface area contributed by atoms with Gasteiger partial charge in [-0.05, 0) is 43.1 Å². The number of aromatic nitrogens is 1. The molecule has 0 radical (unpaired) electrons. The average molecular weight is 418 g/mol. The van der Waals surface area contributed by atoms with E-state index in [1.54, 1.807) is 11.3 Å². The van der Waals surface area contributed by atoms with E-state index in [1.807, 2.05) is 6.92 Å². The summed E-state index contributed by atoms with van der Waals surface area (Å²) in [6.07, 6.45) is -0.308. The number of carbonyl (C=O) groups excluding carboxylic acids is 1. The first-order chi connectivity index (χ1) is 13.5. The van der Waals surface area contributed by atoms with E-state index in [4.69, 9.17) is 9.72 Å². The Morgan fingerprint density at radius 1 is 1.24 bits per heavy atom. The van der Waals surface area contributed by atoms with Crippen LogP contribution < -0.4 is 0 Å².